The minimum absolute atomic E-state index is 0.0798. The van der Waals surface area contributed by atoms with Crippen molar-refractivity contribution < 1.29 is 19.8 Å². The Hall–Kier alpha value is -3.98. The van der Waals surface area contributed by atoms with Crippen LogP contribution < -0.4 is 16.0 Å². The summed E-state index contributed by atoms with van der Waals surface area (Å²) in [5.41, 5.74) is 2.28. The van der Waals surface area contributed by atoms with Crippen LogP contribution in [-0.2, 0) is 5.54 Å². The monoisotopic (exact) mass is 433 g/mol. The maximum Gasteiger partial charge on any atom is 0.341 e. The van der Waals surface area contributed by atoms with E-state index in [0.29, 0.717) is 11.3 Å². The van der Waals surface area contributed by atoms with Gasteiger partial charge >= 0.3 is 5.97 Å². The first-order valence-corrected chi connectivity index (χ1v) is 10.1. The van der Waals surface area contributed by atoms with Crippen molar-refractivity contribution in [2.24, 2.45) is 0 Å². The van der Waals surface area contributed by atoms with Crippen molar-refractivity contribution in [3.05, 3.63) is 77.0 Å². The maximum absolute atomic E-state index is 12.1. The highest BCUT2D eigenvalue weighted by Gasteiger charge is 2.35. The predicted molar refractivity (Wildman–Crippen MR) is 119 cm³/mol. The highest BCUT2D eigenvalue weighted by Crippen LogP contribution is 2.33. The molecular formula is C23H23N5O4. The van der Waals surface area contributed by atoms with Gasteiger partial charge in [-0.2, -0.15) is 4.98 Å². The molecule has 5 N–H and O–H groups in total. The Bertz CT molecular complexity index is 1180. The molecule has 0 aliphatic carbocycles. The van der Waals surface area contributed by atoms with Crippen molar-refractivity contribution >= 4 is 29.3 Å². The number of amides is 1. The minimum atomic E-state index is -1.19. The van der Waals surface area contributed by atoms with Gasteiger partial charge < -0.3 is 26.2 Å². The smallest absolute Gasteiger partial charge is 0.341 e. The van der Waals surface area contributed by atoms with Gasteiger partial charge in [0.1, 0.15) is 11.4 Å². The summed E-state index contributed by atoms with van der Waals surface area (Å²) in [6.07, 6.45) is 1.21. The third-order valence-corrected chi connectivity index (χ3v) is 5.33. The van der Waals surface area contributed by atoms with Crippen molar-refractivity contribution in [1.29, 1.82) is 0 Å². The predicted octanol–water partition coefficient (Wildman–Crippen LogP) is 3.04. The lowest BCUT2D eigenvalue weighted by Gasteiger charge is -2.20. The number of fused-ring (bicyclic) bond motifs is 1. The first-order valence-electron chi connectivity index (χ1n) is 10.1. The highest BCUT2D eigenvalue weighted by atomic mass is 16.4. The van der Waals surface area contributed by atoms with E-state index in [2.05, 4.69) is 25.9 Å². The lowest BCUT2D eigenvalue weighted by atomic mass is 9.94. The van der Waals surface area contributed by atoms with Gasteiger partial charge in [-0.3, -0.25) is 4.79 Å². The second kappa shape index (κ2) is 8.27. The number of aromatic nitrogens is 2. The number of aliphatic hydroxyl groups excluding tert-OH is 1. The number of benzene rings is 2. The molecule has 9 nitrogen and oxygen atoms in total. The van der Waals surface area contributed by atoms with E-state index >= 15 is 0 Å². The number of carbonyl (C=O) groups excluding carboxylic acids is 1. The van der Waals surface area contributed by atoms with Crippen LogP contribution in [0.25, 0.3) is 0 Å². The molecule has 0 unspecified atom stereocenters. The second-order valence-electron chi connectivity index (χ2n) is 8.02. The number of anilines is 3. The summed E-state index contributed by atoms with van der Waals surface area (Å²) < 4.78 is 0. The Morgan fingerprint density at radius 3 is 2.62 bits per heavy atom. The highest BCUT2D eigenvalue weighted by molar-refractivity contribution is 6.00. The Morgan fingerprint density at radius 2 is 1.94 bits per heavy atom. The first kappa shape index (κ1) is 21.3. The Balaban J connectivity index is 1.64. The number of aliphatic hydroxyl groups is 1. The number of nitrogens with one attached hydrogen (secondary N) is 3. The molecule has 0 spiro atoms. The Labute approximate surface area is 184 Å². The normalized spacial score (nSPS) is 14.9. The molecular weight excluding hydrogens is 410 g/mol. The summed E-state index contributed by atoms with van der Waals surface area (Å²) in [4.78, 5) is 32.2. The van der Waals surface area contributed by atoms with Crippen LogP contribution in [0.15, 0.2) is 54.7 Å². The summed E-state index contributed by atoms with van der Waals surface area (Å²) in [6, 6.07) is 13.9. The van der Waals surface area contributed by atoms with Crippen LogP contribution in [0.5, 0.6) is 0 Å². The van der Waals surface area contributed by atoms with E-state index in [-0.39, 0.29) is 29.8 Å². The molecule has 0 saturated carbocycles. The molecule has 32 heavy (non-hydrogen) atoms. The molecule has 164 valence electrons. The minimum Gasteiger partial charge on any atom is -0.477 e. The van der Waals surface area contributed by atoms with Gasteiger partial charge in [0, 0.05) is 17.4 Å². The van der Waals surface area contributed by atoms with Gasteiger partial charge in [0.2, 0.25) is 5.95 Å². The van der Waals surface area contributed by atoms with E-state index in [1.54, 1.807) is 12.1 Å². The van der Waals surface area contributed by atoms with Gasteiger partial charge in [0.25, 0.3) is 5.91 Å². The summed E-state index contributed by atoms with van der Waals surface area (Å²) in [5.74, 6) is -1.05. The van der Waals surface area contributed by atoms with Crippen LogP contribution in [0, 0.1) is 0 Å². The summed E-state index contributed by atoms with van der Waals surface area (Å²) in [6.45, 7) is 3.58. The second-order valence-corrected chi connectivity index (χ2v) is 8.02. The van der Waals surface area contributed by atoms with Gasteiger partial charge in [0.05, 0.1) is 18.2 Å². The molecule has 1 aromatic heterocycles. The average Bonchev–Trinajstić information content (AvgIpc) is 3.00. The van der Waals surface area contributed by atoms with Gasteiger partial charge in [-0.05, 0) is 43.2 Å². The van der Waals surface area contributed by atoms with Crippen LogP contribution in [-0.4, -0.2) is 38.7 Å². The molecule has 1 aliphatic heterocycles. The number of carboxylic acid groups (broad SMARTS) is 1. The largest absolute Gasteiger partial charge is 0.477 e. The molecule has 0 radical (unpaired) electrons. The third-order valence-electron chi connectivity index (χ3n) is 5.33. The maximum atomic E-state index is 12.1. The van der Waals surface area contributed by atoms with E-state index in [1.807, 2.05) is 50.2 Å². The molecule has 2 heterocycles. The topological polar surface area (TPSA) is 136 Å². The number of nitrogens with zero attached hydrogens (tertiary/aromatic N) is 2. The van der Waals surface area contributed by atoms with Gasteiger partial charge in [-0.25, -0.2) is 9.78 Å². The average molecular weight is 433 g/mol. The van der Waals surface area contributed by atoms with E-state index in [9.17, 15) is 19.8 Å². The van der Waals surface area contributed by atoms with Crippen LogP contribution in [0.3, 0.4) is 0 Å². The molecule has 1 amide bonds. The molecule has 0 fully saturated rings. The lowest BCUT2D eigenvalue weighted by molar-refractivity contribution is 0.0696. The Morgan fingerprint density at radius 1 is 1.19 bits per heavy atom. The fourth-order valence-corrected chi connectivity index (χ4v) is 3.68. The van der Waals surface area contributed by atoms with Crippen LogP contribution in [0.2, 0.25) is 0 Å². The summed E-state index contributed by atoms with van der Waals surface area (Å²) in [5, 5.41) is 28.4. The van der Waals surface area contributed by atoms with Crippen molar-refractivity contribution in [3.63, 3.8) is 0 Å². The van der Waals surface area contributed by atoms with Crippen molar-refractivity contribution in [1.82, 2.24) is 15.3 Å². The van der Waals surface area contributed by atoms with Gasteiger partial charge in [-0.1, -0.05) is 30.3 Å². The van der Waals surface area contributed by atoms with Gasteiger partial charge in [0.15, 0.2) is 0 Å². The van der Waals surface area contributed by atoms with Crippen LogP contribution in [0.4, 0.5) is 17.5 Å². The number of hydrogen-bond donors (Lipinski definition) is 5. The molecule has 2 aromatic carbocycles. The number of rotatable bonds is 7. The van der Waals surface area contributed by atoms with E-state index < -0.39 is 17.6 Å². The molecule has 1 aliphatic rings. The van der Waals surface area contributed by atoms with Crippen molar-refractivity contribution in [2.45, 2.75) is 25.4 Å². The zero-order valence-corrected chi connectivity index (χ0v) is 17.6. The van der Waals surface area contributed by atoms with Crippen LogP contribution >= 0.6 is 0 Å². The molecule has 3 aromatic rings. The number of hydrogen-bond acceptors (Lipinski definition) is 7. The summed E-state index contributed by atoms with van der Waals surface area (Å²) >= 11 is 0. The van der Waals surface area contributed by atoms with E-state index in [4.69, 9.17) is 0 Å². The summed E-state index contributed by atoms with van der Waals surface area (Å²) in [7, 11) is 0. The SMILES string of the molecule is CC1(C)NC(=O)c2ccc(Nc3ncc(C(=O)O)c(N[C@H](CO)c4ccccc4)n3)cc21. The molecule has 4 rings (SSSR count). The fraction of sp³-hybridized carbons (Fsp3) is 0.217. The van der Waals surface area contributed by atoms with Crippen molar-refractivity contribution in [3.8, 4) is 0 Å². The lowest BCUT2D eigenvalue weighted by Crippen LogP contribution is -2.32. The molecule has 0 saturated heterocycles. The molecule has 0 bridgehead atoms. The van der Waals surface area contributed by atoms with Gasteiger partial charge in [-0.15, -0.1) is 0 Å². The molecule has 1 atom stereocenters. The number of aromatic carboxylic acids is 1. The van der Waals surface area contributed by atoms with Crippen LogP contribution in [0.1, 0.15) is 51.7 Å². The Kier molecular flexibility index (Phi) is 5.50. The zero-order valence-electron chi connectivity index (χ0n) is 17.6. The van der Waals surface area contributed by atoms with E-state index in [0.717, 1.165) is 11.1 Å². The fourth-order valence-electron chi connectivity index (χ4n) is 3.68. The third kappa shape index (κ3) is 4.10. The first-order chi connectivity index (χ1) is 15.3. The number of carboxylic acids is 1. The van der Waals surface area contributed by atoms with Crippen molar-refractivity contribution in [2.75, 3.05) is 17.2 Å². The standard InChI is InChI=1S/C23H23N5O4/c1-23(2)17-10-14(8-9-15(17)20(30)28-23)25-22-24-11-16(21(31)32)19(27-22)26-18(12-29)13-6-4-3-5-7-13/h3-11,18,29H,12H2,1-2H3,(H,28,30)(H,31,32)(H2,24,25,26,27)/t18-/m1/s1. The number of carbonyl (C=O) groups is 2. The van der Waals surface area contributed by atoms with E-state index in [1.165, 1.54) is 6.20 Å². The quantitative estimate of drug-likeness (QED) is 0.384. The zero-order chi connectivity index (χ0) is 22.9. The molecule has 9 heteroatoms.